The maximum atomic E-state index is 12.1. The predicted molar refractivity (Wildman–Crippen MR) is 83.2 cm³/mol. The zero-order valence-corrected chi connectivity index (χ0v) is 13.3. The van der Waals surface area contributed by atoms with Crippen LogP contribution in [0.2, 0.25) is 0 Å². The second-order valence-electron chi connectivity index (χ2n) is 5.41. The molecule has 0 bridgehead atoms. The summed E-state index contributed by atoms with van der Waals surface area (Å²) in [5, 5.41) is 2.91. The lowest BCUT2D eigenvalue weighted by Gasteiger charge is -2.15. The van der Waals surface area contributed by atoms with Crippen LogP contribution in [0.4, 0.5) is 0 Å². The van der Waals surface area contributed by atoms with Gasteiger partial charge < -0.3 is 10.1 Å². The van der Waals surface area contributed by atoms with E-state index in [1.165, 1.54) is 16.0 Å². The van der Waals surface area contributed by atoms with Gasteiger partial charge in [-0.25, -0.2) is 0 Å². The Balaban J connectivity index is 1.83. The molecule has 0 spiro atoms. The van der Waals surface area contributed by atoms with E-state index in [1.54, 1.807) is 11.8 Å². The van der Waals surface area contributed by atoms with E-state index in [-0.39, 0.29) is 17.3 Å². The van der Waals surface area contributed by atoms with Crippen LogP contribution in [0.25, 0.3) is 0 Å². The van der Waals surface area contributed by atoms with Crippen molar-refractivity contribution in [1.82, 2.24) is 5.32 Å². The van der Waals surface area contributed by atoms with Gasteiger partial charge in [0.25, 0.3) is 0 Å². The molecule has 0 saturated carbocycles. The maximum Gasteiger partial charge on any atom is 0.233 e. The van der Waals surface area contributed by atoms with E-state index >= 15 is 0 Å². The molecule has 2 atom stereocenters. The van der Waals surface area contributed by atoms with Crippen LogP contribution in [0.5, 0.6) is 0 Å². The largest absolute Gasteiger partial charge is 0.376 e. The first kappa shape index (κ1) is 15.4. The van der Waals surface area contributed by atoms with Crippen molar-refractivity contribution in [2.45, 2.75) is 49.9 Å². The van der Waals surface area contributed by atoms with Gasteiger partial charge in [-0.1, -0.05) is 17.7 Å². The Morgan fingerprint density at radius 3 is 2.95 bits per heavy atom. The van der Waals surface area contributed by atoms with Crippen molar-refractivity contribution >= 4 is 17.7 Å². The Morgan fingerprint density at radius 1 is 1.50 bits per heavy atom. The highest BCUT2D eigenvalue weighted by Gasteiger charge is 2.19. The van der Waals surface area contributed by atoms with Gasteiger partial charge in [0.2, 0.25) is 5.91 Å². The smallest absolute Gasteiger partial charge is 0.233 e. The van der Waals surface area contributed by atoms with Gasteiger partial charge in [-0.05, 0) is 45.2 Å². The molecule has 0 radical (unpaired) electrons. The molecule has 110 valence electrons. The lowest BCUT2D eigenvalue weighted by Crippen LogP contribution is -2.36. The van der Waals surface area contributed by atoms with Crippen molar-refractivity contribution in [3.63, 3.8) is 0 Å². The van der Waals surface area contributed by atoms with E-state index < -0.39 is 0 Å². The molecule has 1 fully saturated rings. The number of carbonyl (C=O) groups excluding carboxylic acids is 1. The summed E-state index contributed by atoms with van der Waals surface area (Å²) in [6, 6.07) is 6.34. The van der Waals surface area contributed by atoms with Crippen molar-refractivity contribution in [2.24, 2.45) is 0 Å². The van der Waals surface area contributed by atoms with Gasteiger partial charge in [-0.2, -0.15) is 0 Å². The van der Waals surface area contributed by atoms with Gasteiger partial charge in [0.1, 0.15) is 0 Å². The lowest BCUT2D eigenvalue weighted by atomic mass is 10.2. The Kier molecular flexibility index (Phi) is 5.49. The number of benzene rings is 1. The molecule has 3 nitrogen and oxygen atoms in total. The minimum atomic E-state index is -0.0854. The summed E-state index contributed by atoms with van der Waals surface area (Å²) < 4.78 is 5.51. The first-order valence-corrected chi connectivity index (χ1v) is 8.07. The molecule has 0 aliphatic carbocycles. The lowest BCUT2D eigenvalue weighted by molar-refractivity contribution is -0.120. The summed E-state index contributed by atoms with van der Waals surface area (Å²) in [6.45, 7) is 7.59. The quantitative estimate of drug-likeness (QED) is 0.848. The summed E-state index contributed by atoms with van der Waals surface area (Å²) in [4.78, 5) is 13.3. The van der Waals surface area contributed by atoms with Crippen LogP contribution < -0.4 is 5.32 Å². The molecular weight excluding hydrogens is 270 g/mol. The van der Waals surface area contributed by atoms with Crippen molar-refractivity contribution in [1.29, 1.82) is 0 Å². The van der Waals surface area contributed by atoms with Crippen LogP contribution in [-0.2, 0) is 9.53 Å². The predicted octanol–water partition coefficient (Wildman–Crippen LogP) is 3.08. The average Bonchev–Trinajstić information content (AvgIpc) is 2.92. The van der Waals surface area contributed by atoms with E-state index in [4.69, 9.17) is 4.74 Å². The van der Waals surface area contributed by atoms with Gasteiger partial charge >= 0.3 is 0 Å². The molecular formula is C16H23NO2S. The fourth-order valence-electron chi connectivity index (χ4n) is 2.34. The number of thioether (sulfide) groups is 1. The third-order valence-electron chi connectivity index (χ3n) is 3.53. The monoisotopic (exact) mass is 293 g/mol. The molecule has 1 aromatic carbocycles. The van der Waals surface area contributed by atoms with Crippen molar-refractivity contribution < 1.29 is 9.53 Å². The number of hydrogen-bond donors (Lipinski definition) is 1. The van der Waals surface area contributed by atoms with Crippen LogP contribution in [0.1, 0.15) is 30.9 Å². The first-order valence-electron chi connectivity index (χ1n) is 7.19. The zero-order valence-electron chi connectivity index (χ0n) is 12.4. The second kappa shape index (κ2) is 7.14. The Hall–Kier alpha value is -1.00. The van der Waals surface area contributed by atoms with E-state index in [2.05, 4.69) is 37.4 Å². The molecule has 1 aliphatic rings. The van der Waals surface area contributed by atoms with Crippen molar-refractivity contribution in [3.8, 4) is 0 Å². The minimum Gasteiger partial charge on any atom is -0.376 e. The zero-order chi connectivity index (χ0) is 14.5. The minimum absolute atomic E-state index is 0.0854. The highest BCUT2D eigenvalue weighted by atomic mass is 32.2. The maximum absolute atomic E-state index is 12.1. The van der Waals surface area contributed by atoms with Crippen molar-refractivity contribution in [2.75, 3.05) is 13.2 Å². The molecule has 1 heterocycles. The standard InChI is InChI=1S/C16H23NO2S/c1-11-6-7-15(12(2)9-11)20-13(3)16(18)17-10-14-5-4-8-19-14/h6-7,9,13-14H,4-5,8,10H2,1-3H3,(H,17,18). The molecule has 1 aromatic rings. The SMILES string of the molecule is Cc1ccc(SC(C)C(=O)NCC2CCCO2)c(C)c1. The summed E-state index contributed by atoms with van der Waals surface area (Å²) in [7, 11) is 0. The topological polar surface area (TPSA) is 38.3 Å². The second-order valence-corrected chi connectivity index (χ2v) is 6.79. The fraction of sp³-hybridized carbons (Fsp3) is 0.562. The molecule has 1 amide bonds. The van der Waals surface area contributed by atoms with Gasteiger partial charge in [0.05, 0.1) is 11.4 Å². The van der Waals surface area contributed by atoms with E-state index in [1.807, 2.05) is 6.92 Å². The molecule has 4 heteroatoms. The summed E-state index contributed by atoms with van der Waals surface area (Å²) in [5.74, 6) is 0.0884. The van der Waals surface area contributed by atoms with Crippen molar-refractivity contribution in [3.05, 3.63) is 29.3 Å². The van der Waals surface area contributed by atoms with E-state index in [0.717, 1.165) is 19.4 Å². The molecule has 20 heavy (non-hydrogen) atoms. The van der Waals surface area contributed by atoms with Crippen LogP contribution in [0.3, 0.4) is 0 Å². The normalized spacial score (nSPS) is 19.9. The highest BCUT2D eigenvalue weighted by molar-refractivity contribution is 8.00. The van der Waals surface area contributed by atoms with Crippen LogP contribution in [-0.4, -0.2) is 30.4 Å². The first-order chi connectivity index (χ1) is 9.56. The molecule has 1 saturated heterocycles. The van der Waals surface area contributed by atoms with Crippen LogP contribution in [0, 0.1) is 13.8 Å². The van der Waals surface area contributed by atoms with Gasteiger partial charge in [-0.15, -0.1) is 11.8 Å². The summed E-state index contributed by atoms with van der Waals surface area (Å²) >= 11 is 1.62. The Labute approximate surface area is 125 Å². The number of ether oxygens (including phenoxy) is 1. The van der Waals surface area contributed by atoms with E-state index in [9.17, 15) is 4.79 Å². The third-order valence-corrected chi connectivity index (χ3v) is 4.81. The van der Waals surface area contributed by atoms with Crippen LogP contribution in [0.15, 0.2) is 23.1 Å². The molecule has 2 unspecified atom stereocenters. The Bertz CT molecular complexity index is 470. The molecule has 1 N–H and O–H groups in total. The van der Waals surface area contributed by atoms with E-state index in [0.29, 0.717) is 6.54 Å². The number of carbonyl (C=O) groups is 1. The summed E-state index contributed by atoms with van der Waals surface area (Å²) in [5.41, 5.74) is 2.48. The van der Waals surface area contributed by atoms with Gasteiger partial charge in [0.15, 0.2) is 0 Å². The van der Waals surface area contributed by atoms with Gasteiger partial charge in [-0.3, -0.25) is 4.79 Å². The number of aryl methyl sites for hydroxylation is 2. The fourth-order valence-corrected chi connectivity index (χ4v) is 3.30. The number of amides is 1. The number of rotatable bonds is 5. The highest BCUT2D eigenvalue weighted by Crippen LogP contribution is 2.27. The third kappa shape index (κ3) is 4.25. The average molecular weight is 293 g/mol. The van der Waals surface area contributed by atoms with Gasteiger partial charge in [0, 0.05) is 18.0 Å². The Morgan fingerprint density at radius 2 is 2.30 bits per heavy atom. The number of nitrogens with one attached hydrogen (secondary N) is 1. The number of hydrogen-bond acceptors (Lipinski definition) is 3. The molecule has 0 aromatic heterocycles. The molecule has 1 aliphatic heterocycles. The molecule has 2 rings (SSSR count). The summed E-state index contributed by atoms with van der Waals surface area (Å²) in [6.07, 6.45) is 2.36. The van der Waals surface area contributed by atoms with Crippen LogP contribution >= 0.6 is 11.8 Å².